The number of halogens is 3. The van der Waals surface area contributed by atoms with Crippen LogP contribution in [0.4, 0.5) is 8.78 Å². The van der Waals surface area contributed by atoms with Gasteiger partial charge in [0.15, 0.2) is 0 Å². The first-order valence-electron chi connectivity index (χ1n) is 6.68. The van der Waals surface area contributed by atoms with Crippen molar-refractivity contribution in [2.75, 3.05) is 26.2 Å². The summed E-state index contributed by atoms with van der Waals surface area (Å²) in [7, 11) is 0. The first-order valence-corrected chi connectivity index (χ1v) is 6.68. The van der Waals surface area contributed by atoms with E-state index in [0.29, 0.717) is 11.3 Å². The van der Waals surface area contributed by atoms with Crippen molar-refractivity contribution in [2.24, 2.45) is 0 Å². The molecular formula is C15H17ClF2N2O. The Morgan fingerprint density at radius 1 is 1.10 bits per heavy atom. The molecule has 0 bridgehead atoms. The monoisotopic (exact) mass is 314 g/mol. The van der Waals surface area contributed by atoms with E-state index in [1.807, 2.05) is 6.07 Å². The molecule has 21 heavy (non-hydrogen) atoms. The van der Waals surface area contributed by atoms with Crippen molar-refractivity contribution in [1.29, 1.82) is 0 Å². The molecule has 0 unspecified atom stereocenters. The van der Waals surface area contributed by atoms with Crippen LogP contribution in [0.1, 0.15) is 17.4 Å². The molecule has 1 N–H and O–H groups in total. The van der Waals surface area contributed by atoms with E-state index in [1.165, 1.54) is 12.1 Å². The molecule has 1 aliphatic rings. The Labute approximate surface area is 128 Å². The molecule has 0 spiro atoms. The number of benzene rings is 1. The molecule has 1 atom stereocenters. The predicted octanol–water partition coefficient (Wildman–Crippen LogP) is 2.97. The molecule has 3 rings (SSSR count). The SMILES string of the molecule is Cl.Fc1cc(F)cc([C@@H](c2ccco2)N2CCNCC2)c1. The fourth-order valence-corrected chi connectivity index (χ4v) is 2.68. The average molecular weight is 315 g/mol. The Morgan fingerprint density at radius 3 is 2.33 bits per heavy atom. The van der Waals surface area contributed by atoms with Gasteiger partial charge in [-0.15, -0.1) is 12.4 Å². The number of nitrogens with zero attached hydrogens (tertiary/aromatic N) is 1. The van der Waals surface area contributed by atoms with Crippen molar-refractivity contribution < 1.29 is 13.2 Å². The standard InChI is InChI=1S/C15H16F2N2O.ClH/c16-12-8-11(9-13(17)10-12)15(14-2-1-7-20-14)19-5-3-18-4-6-19;/h1-2,7-10,15,18H,3-6H2;1H/t15-;/m0./s1. The van der Waals surface area contributed by atoms with Crippen molar-refractivity contribution in [1.82, 2.24) is 10.2 Å². The van der Waals surface area contributed by atoms with Crippen LogP contribution in [0.2, 0.25) is 0 Å². The van der Waals surface area contributed by atoms with Gasteiger partial charge in [-0.05, 0) is 29.8 Å². The maximum absolute atomic E-state index is 13.5. The van der Waals surface area contributed by atoms with Crippen LogP contribution < -0.4 is 5.32 Å². The molecule has 3 nitrogen and oxygen atoms in total. The highest BCUT2D eigenvalue weighted by Crippen LogP contribution is 2.30. The third-order valence-electron chi connectivity index (χ3n) is 3.53. The summed E-state index contributed by atoms with van der Waals surface area (Å²) >= 11 is 0. The second kappa shape index (κ2) is 7.02. The van der Waals surface area contributed by atoms with Crippen molar-refractivity contribution in [2.45, 2.75) is 6.04 Å². The Kier molecular flexibility index (Phi) is 5.33. The number of furan rings is 1. The summed E-state index contributed by atoms with van der Waals surface area (Å²) in [6.07, 6.45) is 1.58. The third kappa shape index (κ3) is 3.61. The lowest BCUT2D eigenvalue weighted by Crippen LogP contribution is -2.45. The van der Waals surface area contributed by atoms with Crippen molar-refractivity contribution in [3.05, 3.63) is 59.6 Å². The molecule has 1 aromatic heterocycles. The number of rotatable bonds is 3. The van der Waals surface area contributed by atoms with Crippen LogP contribution in [0.3, 0.4) is 0 Å². The fourth-order valence-electron chi connectivity index (χ4n) is 2.68. The fraction of sp³-hybridized carbons (Fsp3) is 0.333. The van der Waals surface area contributed by atoms with E-state index in [4.69, 9.17) is 4.42 Å². The van der Waals surface area contributed by atoms with Gasteiger partial charge in [0.1, 0.15) is 17.4 Å². The number of nitrogens with one attached hydrogen (secondary N) is 1. The van der Waals surface area contributed by atoms with Crippen LogP contribution in [0.25, 0.3) is 0 Å². The number of hydrogen-bond acceptors (Lipinski definition) is 3. The van der Waals surface area contributed by atoms with Gasteiger partial charge in [0.2, 0.25) is 0 Å². The van der Waals surface area contributed by atoms with E-state index in [0.717, 1.165) is 32.2 Å². The van der Waals surface area contributed by atoms with Crippen molar-refractivity contribution in [3.8, 4) is 0 Å². The van der Waals surface area contributed by atoms with E-state index in [-0.39, 0.29) is 18.4 Å². The minimum atomic E-state index is -0.563. The average Bonchev–Trinajstić information content (AvgIpc) is 2.93. The number of hydrogen-bond donors (Lipinski definition) is 1. The van der Waals surface area contributed by atoms with Gasteiger partial charge in [0, 0.05) is 32.2 Å². The molecule has 0 saturated carbocycles. The lowest BCUT2D eigenvalue weighted by molar-refractivity contribution is 0.179. The van der Waals surface area contributed by atoms with Crippen molar-refractivity contribution >= 4 is 12.4 Å². The van der Waals surface area contributed by atoms with E-state index in [9.17, 15) is 8.78 Å². The molecular weight excluding hydrogens is 298 g/mol. The van der Waals surface area contributed by atoms with Gasteiger partial charge in [0.05, 0.1) is 12.3 Å². The largest absolute Gasteiger partial charge is 0.467 e. The summed E-state index contributed by atoms with van der Waals surface area (Å²) in [5.74, 6) is -0.421. The summed E-state index contributed by atoms with van der Waals surface area (Å²) in [6.45, 7) is 3.33. The van der Waals surface area contributed by atoms with Gasteiger partial charge in [-0.3, -0.25) is 4.90 Å². The molecule has 1 aromatic carbocycles. The summed E-state index contributed by atoms with van der Waals surface area (Å²) in [5, 5.41) is 3.27. The van der Waals surface area contributed by atoms with E-state index in [2.05, 4.69) is 10.2 Å². The van der Waals surface area contributed by atoms with E-state index in [1.54, 1.807) is 12.3 Å². The minimum absolute atomic E-state index is 0. The smallest absolute Gasteiger partial charge is 0.126 e. The van der Waals surface area contributed by atoms with E-state index >= 15 is 0 Å². The Hall–Kier alpha value is -1.43. The summed E-state index contributed by atoms with van der Waals surface area (Å²) in [5.41, 5.74) is 0.583. The first-order chi connectivity index (χ1) is 9.74. The maximum Gasteiger partial charge on any atom is 0.126 e. The van der Waals surface area contributed by atoms with Gasteiger partial charge >= 0.3 is 0 Å². The summed E-state index contributed by atoms with van der Waals surface area (Å²) < 4.78 is 32.5. The topological polar surface area (TPSA) is 28.4 Å². The van der Waals surface area contributed by atoms with Crippen molar-refractivity contribution in [3.63, 3.8) is 0 Å². The van der Waals surface area contributed by atoms with Crippen LogP contribution in [0.5, 0.6) is 0 Å². The molecule has 2 aromatic rings. The molecule has 1 aliphatic heterocycles. The highest BCUT2D eigenvalue weighted by atomic mass is 35.5. The quantitative estimate of drug-likeness (QED) is 0.944. The van der Waals surface area contributed by atoms with Gasteiger partial charge < -0.3 is 9.73 Å². The van der Waals surface area contributed by atoms with E-state index < -0.39 is 11.6 Å². The molecule has 114 valence electrons. The molecule has 0 aliphatic carbocycles. The zero-order valence-corrected chi connectivity index (χ0v) is 12.2. The molecule has 6 heteroatoms. The summed E-state index contributed by atoms with van der Waals surface area (Å²) in [6, 6.07) is 7.02. The zero-order valence-electron chi connectivity index (χ0n) is 11.4. The molecule has 2 heterocycles. The van der Waals surface area contributed by atoms with Crippen LogP contribution in [-0.2, 0) is 0 Å². The van der Waals surface area contributed by atoms with Gasteiger partial charge in [-0.25, -0.2) is 8.78 Å². The lowest BCUT2D eigenvalue weighted by Gasteiger charge is -2.34. The zero-order chi connectivity index (χ0) is 13.9. The van der Waals surface area contributed by atoms with Crippen LogP contribution in [-0.4, -0.2) is 31.1 Å². The number of piperazine rings is 1. The second-order valence-electron chi connectivity index (χ2n) is 4.91. The van der Waals surface area contributed by atoms with Gasteiger partial charge in [-0.1, -0.05) is 0 Å². The predicted molar refractivity (Wildman–Crippen MR) is 78.6 cm³/mol. The summed E-state index contributed by atoms with van der Waals surface area (Å²) in [4.78, 5) is 2.17. The first kappa shape index (κ1) is 15.9. The van der Waals surface area contributed by atoms with Crippen LogP contribution in [0.15, 0.2) is 41.0 Å². The van der Waals surface area contributed by atoms with Crippen LogP contribution >= 0.6 is 12.4 Å². The second-order valence-corrected chi connectivity index (χ2v) is 4.91. The normalized spacial score (nSPS) is 17.2. The maximum atomic E-state index is 13.5. The molecule has 0 amide bonds. The molecule has 0 radical (unpaired) electrons. The van der Waals surface area contributed by atoms with Gasteiger partial charge in [0.25, 0.3) is 0 Å². The third-order valence-corrected chi connectivity index (χ3v) is 3.53. The molecule has 1 saturated heterocycles. The Bertz CT molecular complexity index is 551. The van der Waals surface area contributed by atoms with Gasteiger partial charge in [-0.2, -0.15) is 0 Å². The Morgan fingerprint density at radius 2 is 1.76 bits per heavy atom. The lowest BCUT2D eigenvalue weighted by atomic mass is 10.0. The highest BCUT2D eigenvalue weighted by molar-refractivity contribution is 5.85. The van der Waals surface area contributed by atoms with Crippen LogP contribution in [0, 0.1) is 11.6 Å². The molecule has 1 fully saturated rings. The highest BCUT2D eigenvalue weighted by Gasteiger charge is 2.26. The Balaban J connectivity index is 0.00000161. The minimum Gasteiger partial charge on any atom is -0.467 e.